The van der Waals surface area contributed by atoms with Crippen LogP contribution in [0.2, 0.25) is 0 Å². The van der Waals surface area contributed by atoms with Gasteiger partial charge in [0.25, 0.3) is 0 Å². The van der Waals surface area contributed by atoms with E-state index in [9.17, 15) is 0 Å². The number of rotatable bonds is 0. The molecule has 0 saturated carbocycles. The Bertz CT molecular complexity index is 500. The summed E-state index contributed by atoms with van der Waals surface area (Å²) in [6, 6.07) is 10.0. The second-order valence-corrected chi connectivity index (χ2v) is 4.81. The summed E-state index contributed by atoms with van der Waals surface area (Å²) in [6.07, 6.45) is 0. The first-order chi connectivity index (χ1) is 8.50. The standard InChI is InChI=1S/C5H5.3H2O4S.Zr/c1-2-4-5-3-1;3*1-5(2,3)4;/h1-5H;3*(H2,1,2,3,4);/q-1;;;;+4/p-3. The van der Waals surface area contributed by atoms with E-state index in [1.54, 1.807) is 0 Å². The van der Waals surface area contributed by atoms with Gasteiger partial charge in [-0.2, -0.15) is 18.2 Å². The zero-order valence-electron chi connectivity index (χ0n) is 9.63. The van der Waals surface area contributed by atoms with Gasteiger partial charge in [0.1, 0.15) is 0 Å². The molecule has 1 aromatic carbocycles. The van der Waals surface area contributed by atoms with E-state index < -0.39 is 31.2 Å². The van der Waals surface area contributed by atoms with Gasteiger partial charge in [0.15, 0.2) is 0 Å². The smallest absolute Gasteiger partial charge is 0.726 e. The van der Waals surface area contributed by atoms with Gasteiger partial charge in [-0.25, -0.2) is 37.4 Å². The minimum absolute atomic E-state index is 0. The summed E-state index contributed by atoms with van der Waals surface area (Å²) in [4.78, 5) is 0. The molecule has 0 atom stereocenters. The molecule has 21 heavy (non-hydrogen) atoms. The average Bonchev–Trinajstić information content (AvgIpc) is 2.45. The minimum atomic E-state index is -4.92. The Hall–Kier alpha value is -0.157. The van der Waals surface area contributed by atoms with E-state index in [0.717, 1.165) is 0 Å². The van der Waals surface area contributed by atoms with E-state index in [-0.39, 0.29) is 26.2 Å². The molecule has 0 fully saturated rings. The summed E-state index contributed by atoms with van der Waals surface area (Å²) in [5.41, 5.74) is 0. The molecular formula is C5H8O12S3Zr. The maximum Gasteiger partial charge on any atom is 4.00 e. The van der Waals surface area contributed by atoms with Crippen molar-refractivity contribution < 1.29 is 78.8 Å². The van der Waals surface area contributed by atoms with Crippen LogP contribution in [-0.4, -0.2) is 52.6 Å². The van der Waals surface area contributed by atoms with E-state index >= 15 is 0 Å². The van der Waals surface area contributed by atoms with Crippen LogP contribution >= 0.6 is 0 Å². The van der Waals surface area contributed by atoms with Crippen LogP contribution in [0.15, 0.2) is 30.3 Å². The molecule has 0 aliphatic rings. The molecule has 16 heteroatoms. The second-order valence-electron chi connectivity index (χ2n) is 2.25. The Labute approximate surface area is 140 Å². The quantitative estimate of drug-likeness (QED) is 0.232. The third-order valence-electron chi connectivity index (χ3n) is 0.556. The van der Waals surface area contributed by atoms with Crippen LogP contribution in [0, 0.1) is 0 Å². The fourth-order valence-electron chi connectivity index (χ4n) is 0.321. The van der Waals surface area contributed by atoms with Crippen LogP contribution in [0.3, 0.4) is 0 Å². The van der Waals surface area contributed by atoms with Crippen LogP contribution in [-0.2, 0) is 57.4 Å². The molecule has 1 rings (SSSR count). The predicted octanol–water partition coefficient (Wildman–Crippen LogP) is -1.58. The molecule has 0 heterocycles. The van der Waals surface area contributed by atoms with E-state index in [4.69, 9.17) is 52.6 Å². The molecule has 0 saturated heterocycles. The molecule has 0 aromatic heterocycles. The molecule has 0 bridgehead atoms. The molecule has 0 amide bonds. The van der Waals surface area contributed by atoms with E-state index in [1.807, 2.05) is 30.3 Å². The molecular weight excluding hydrogens is 439 g/mol. The molecule has 0 spiro atoms. The normalized spacial score (nSPS) is 10.2. The van der Waals surface area contributed by atoms with Gasteiger partial charge in [-0.15, -0.1) is 0 Å². The van der Waals surface area contributed by atoms with Gasteiger partial charge >= 0.3 is 26.2 Å². The average molecular weight is 448 g/mol. The Morgan fingerprint density at radius 2 is 0.810 bits per heavy atom. The molecule has 1 aromatic rings. The summed E-state index contributed by atoms with van der Waals surface area (Å²) in [6.45, 7) is 0. The predicted molar refractivity (Wildman–Crippen MR) is 59.0 cm³/mol. The molecule has 0 aliphatic heterocycles. The summed E-state index contributed by atoms with van der Waals surface area (Å²) >= 11 is 0. The van der Waals surface area contributed by atoms with Gasteiger partial charge in [-0.3, -0.25) is 13.7 Å². The monoisotopic (exact) mass is 446 g/mol. The van der Waals surface area contributed by atoms with Crippen LogP contribution in [0.4, 0.5) is 0 Å². The SMILES string of the molecule is O=S(=O)([O-])O.O=S(=O)([O-])O.O=S(=O)([O-])O.[Zr+4].c1cc[cH-]c1. The Balaban J connectivity index is -0.0000000903. The van der Waals surface area contributed by atoms with Crippen molar-refractivity contribution in [1.29, 1.82) is 0 Å². The van der Waals surface area contributed by atoms with Crippen molar-refractivity contribution >= 4 is 31.2 Å². The Morgan fingerprint density at radius 1 is 0.667 bits per heavy atom. The van der Waals surface area contributed by atoms with Crippen LogP contribution in [0.1, 0.15) is 0 Å². The minimum Gasteiger partial charge on any atom is -0.726 e. The van der Waals surface area contributed by atoms with Crippen molar-refractivity contribution in [2.45, 2.75) is 0 Å². The van der Waals surface area contributed by atoms with Crippen molar-refractivity contribution in [3.8, 4) is 0 Å². The van der Waals surface area contributed by atoms with Crippen molar-refractivity contribution in [3.05, 3.63) is 30.3 Å². The summed E-state index contributed by atoms with van der Waals surface area (Å²) < 4.78 is 98.5. The number of hydrogen-bond acceptors (Lipinski definition) is 9. The summed E-state index contributed by atoms with van der Waals surface area (Å²) in [5.74, 6) is 0. The van der Waals surface area contributed by atoms with Crippen molar-refractivity contribution in [2.24, 2.45) is 0 Å². The maximum atomic E-state index is 8.63. The van der Waals surface area contributed by atoms with Gasteiger partial charge in [-0.1, -0.05) is 0 Å². The number of hydrogen-bond donors (Lipinski definition) is 3. The molecule has 0 unspecified atom stereocenters. The maximum absolute atomic E-state index is 8.63. The summed E-state index contributed by atoms with van der Waals surface area (Å²) in [7, 11) is -14.7. The molecule has 12 nitrogen and oxygen atoms in total. The molecule has 3 N–H and O–H groups in total. The van der Waals surface area contributed by atoms with Gasteiger partial charge in [-0.05, 0) is 0 Å². The Morgan fingerprint density at radius 3 is 0.857 bits per heavy atom. The van der Waals surface area contributed by atoms with E-state index in [0.29, 0.717) is 0 Å². The molecule has 0 aliphatic carbocycles. The first-order valence-corrected chi connectivity index (χ1v) is 7.81. The first-order valence-electron chi connectivity index (χ1n) is 3.71. The summed E-state index contributed by atoms with van der Waals surface area (Å²) in [5, 5.41) is 0. The van der Waals surface area contributed by atoms with E-state index in [1.165, 1.54) is 0 Å². The second kappa shape index (κ2) is 13.5. The molecule has 122 valence electrons. The fourth-order valence-corrected chi connectivity index (χ4v) is 0.321. The third-order valence-corrected chi connectivity index (χ3v) is 0.556. The van der Waals surface area contributed by atoms with E-state index in [2.05, 4.69) is 0 Å². The zero-order chi connectivity index (χ0) is 17.0. The molecule has 0 radical (unpaired) electrons. The van der Waals surface area contributed by atoms with Crippen molar-refractivity contribution in [3.63, 3.8) is 0 Å². The van der Waals surface area contributed by atoms with Gasteiger partial charge in [0.2, 0.25) is 31.2 Å². The topological polar surface area (TPSA) is 232 Å². The van der Waals surface area contributed by atoms with Gasteiger partial charge in [0.05, 0.1) is 0 Å². The van der Waals surface area contributed by atoms with Gasteiger partial charge in [0, 0.05) is 0 Å². The van der Waals surface area contributed by atoms with Crippen molar-refractivity contribution in [1.82, 2.24) is 0 Å². The zero-order valence-corrected chi connectivity index (χ0v) is 14.5. The van der Waals surface area contributed by atoms with Crippen molar-refractivity contribution in [2.75, 3.05) is 0 Å². The largest absolute Gasteiger partial charge is 4.00 e. The van der Waals surface area contributed by atoms with Crippen LogP contribution in [0.5, 0.6) is 0 Å². The van der Waals surface area contributed by atoms with Crippen LogP contribution in [0.25, 0.3) is 0 Å². The van der Waals surface area contributed by atoms with Gasteiger partial charge < -0.3 is 13.7 Å². The first kappa shape index (κ1) is 28.9. The third kappa shape index (κ3) is 269. The van der Waals surface area contributed by atoms with Crippen LogP contribution < -0.4 is 0 Å². The Kier molecular flexibility index (Phi) is 18.6. The fraction of sp³-hybridized carbons (Fsp3) is 0.